The second-order valence-electron chi connectivity index (χ2n) is 8.01. The van der Waals surface area contributed by atoms with E-state index in [9.17, 15) is 4.79 Å². The van der Waals surface area contributed by atoms with Crippen LogP contribution in [0.3, 0.4) is 0 Å². The number of hydrogen-bond donors (Lipinski definition) is 3. The monoisotopic (exact) mass is 444 g/mol. The van der Waals surface area contributed by atoms with Crippen molar-refractivity contribution >= 4 is 34.7 Å². The summed E-state index contributed by atoms with van der Waals surface area (Å²) in [5, 5.41) is 9.48. The van der Waals surface area contributed by atoms with Crippen molar-refractivity contribution in [3.63, 3.8) is 0 Å². The Morgan fingerprint density at radius 2 is 2.00 bits per heavy atom. The molecule has 2 heterocycles. The van der Waals surface area contributed by atoms with Gasteiger partial charge in [-0.05, 0) is 62.4 Å². The first-order valence-corrected chi connectivity index (χ1v) is 10.7. The van der Waals surface area contributed by atoms with Gasteiger partial charge in [-0.2, -0.15) is 4.98 Å². The highest BCUT2D eigenvalue weighted by Crippen LogP contribution is 2.34. The summed E-state index contributed by atoms with van der Waals surface area (Å²) in [5.41, 5.74) is 5.79. The van der Waals surface area contributed by atoms with Gasteiger partial charge in [0.05, 0.1) is 7.11 Å². The van der Waals surface area contributed by atoms with E-state index in [-0.39, 0.29) is 5.91 Å². The minimum atomic E-state index is -0.258. The Morgan fingerprint density at radius 3 is 2.79 bits per heavy atom. The molecule has 0 saturated carbocycles. The molecule has 1 amide bonds. The third-order valence-corrected chi connectivity index (χ3v) is 5.58. The van der Waals surface area contributed by atoms with Crippen LogP contribution in [0.1, 0.15) is 16.7 Å². The molecule has 0 aliphatic carbocycles. The number of likely N-dealkylation sites (N-methyl/N-ethyl adjacent to an activating group) is 1. The first kappa shape index (κ1) is 22.3. The molecule has 1 aliphatic heterocycles. The van der Waals surface area contributed by atoms with Crippen LogP contribution < -0.4 is 20.7 Å². The predicted molar refractivity (Wildman–Crippen MR) is 132 cm³/mol. The first-order chi connectivity index (χ1) is 16.0. The topological polar surface area (TPSA) is 91.4 Å². The van der Waals surface area contributed by atoms with Crippen LogP contribution in [0, 0.1) is 6.92 Å². The highest BCUT2D eigenvalue weighted by Gasteiger charge is 2.21. The van der Waals surface area contributed by atoms with Gasteiger partial charge >= 0.3 is 0 Å². The molecular weight excluding hydrogens is 416 g/mol. The maximum Gasteiger partial charge on any atom is 0.247 e. The lowest BCUT2D eigenvalue weighted by Gasteiger charge is -2.28. The third-order valence-electron chi connectivity index (χ3n) is 5.58. The maximum atomic E-state index is 11.6. The van der Waals surface area contributed by atoms with Crippen molar-refractivity contribution in [1.82, 2.24) is 14.9 Å². The number of nitrogens with one attached hydrogen (secondary N) is 3. The molecule has 0 bridgehead atoms. The predicted octanol–water partition coefficient (Wildman–Crippen LogP) is 4.39. The number of carbonyl (C=O) groups excluding carboxylic acids is 1. The number of aryl methyl sites for hydroxylation is 1. The number of nitrogens with zero attached hydrogens (tertiary/aromatic N) is 3. The van der Waals surface area contributed by atoms with E-state index in [0.29, 0.717) is 17.5 Å². The highest BCUT2D eigenvalue weighted by molar-refractivity contribution is 5.99. The quantitative estimate of drug-likeness (QED) is 0.466. The van der Waals surface area contributed by atoms with Crippen molar-refractivity contribution in [3.8, 4) is 5.75 Å². The zero-order valence-corrected chi connectivity index (χ0v) is 19.1. The number of fused-ring (bicyclic) bond motifs is 1. The number of ether oxygens (including phenoxy) is 1. The number of methoxy groups -OCH3 is 1. The lowest BCUT2D eigenvalue weighted by molar-refractivity contribution is -0.111. The fraction of sp³-hybridized carbons (Fsp3) is 0.240. The second kappa shape index (κ2) is 9.70. The maximum absolute atomic E-state index is 11.6. The molecule has 170 valence electrons. The molecule has 0 fully saturated rings. The SMILES string of the molecule is C=CC(=O)Nc1cccc(Nc2nc(Nc3ccc(OC)c4c3CCN(C)C4)ncc2C)c1. The van der Waals surface area contributed by atoms with E-state index in [0.717, 1.165) is 42.2 Å². The van der Waals surface area contributed by atoms with Crippen LogP contribution in [0.25, 0.3) is 0 Å². The van der Waals surface area contributed by atoms with E-state index >= 15 is 0 Å². The summed E-state index contributed by atoms with van der Waals surface area (Å²) in [4.78, 5) is 23.1. The molecule has 8 nitrogen and oxygen atoms in total. The summed E-state index contributed by atoms with van der Waals surface area (Å²) in [6.07, 6.45) is 3.94. The van der Waals surface area contributed by atoms with Gasteiger partial charge in [0.25, 0.3) is 0 Å². The van der Waals surface area contributed by atoms with E-state index in [4.69, 9.17) is 9.72 Å². The smallest absolute Gasteiger partial charge is 0.247 e. The summed E-state index contributed by atoms with van der Waals surface area (Å²) in [6.45, 7) is 7.25. The average Bonchev–Trinajstić information content (AvgIpc) is 2.81. The van der Waals surface area contributed by atoms with Crippen molar-refractivity contribution in [2.75, 3.05) is 36.7 Å². The van der Waals surface area contributed by atoms with Crippen molar-refractivity contribution in [1.29, 1.82) is 0 Å². The van der Waals surface area contributed by atoms with Gasteiger partial charge < -0.3 is 25.6 Å². The van der Waals surface area contributed by atoms with Gasteiger partial charge in [-0.3, -0.25) is 4.79 Å². The van der Waals surface area contributed by atoms with Gasteiger partial charge in [0.2, 0.25) is 11.9 Å². The molecule has 0 spiro atoms. The minimum Gasteiger partial charge on any atom is -0.496 e. The van der Waals surface area contributed by atoms with Crippen LogP contribution in [0.4, 0.5) is 28.8 Å². The molecular formula is C25H28N6O2. The molecule has 3 aromatic rings. The molecule has 4 rings (SSSR count). The Bertz CT molecular complexity index is 1190. The van der Waals surface area contributed by atoms with E-state index < -0.39 is 0 Å². The molecule has 3 N–H and O–H groups in total. The van der Waals surface area contributed by atoms with E-state index in [1.165, 1.54) is 17.2 Å². The van der Waals surface area contributed by atoms with Crippen LogP contribution >= 0.6 is 0 Å². The molecule has 8 heteroatoms. The Labute approximate surface area is 193 Å². The van der Waals surface area contributed by atoms with Crippen LogP contribution in [0.15, 0.2) is 55.3 Å². The van der Waals surface area contributed by atoms with E-state index in [2.05, 4.69) is 39.5 Å². The number of anilines is 5. The molecule has 2 aromatic carbocycles. The lowest BCUT2D eigenvalue weighted by atomic mass is 9.97. The molecule has 1 aliphatic rings. The zero-order valence-electron chi connectivity index (χ0n) is 19.1. The Hall–Kier alpha value is -3.91. The molecule has 33 heavy (non-hydrogen) atoms. The fourth-order valence-corrected chi connectivity index (χ4v) is 3.84. The largest absolute Gasteiger partial charge is 0.496 e. The molecule has 1 aromatic heterocycles. The number of aromatic nitrogens is 2. The third kappa shape index (κ3) is 5.12. The van der Waals surface area contributed by atoms with Crippen molar-refractivity contribution in [3.05, 3.63) is 71.9 Å². The summed E-state index contributed by atoms with van der Waals surface area (Å²) >= 11 is 0. The van der Waals surface area contributed by atoms with Crippen LogP contribution in [-0.2, 0) is 17.8 Å². The summed E-state index contributed by atoms with van der Waals surface area (Å²) in [7, 11) is 3.82. The normalized spacial score (nSPS) is 13.1. The Morgan fingerprint density at radius 1 is 1.18 bits per heavy atom. The summed E-state index contributed by atoms with van der Waals surface area (Å²) in [5.74, 6) is 1.83. The number of amides is 1. The molecule has 0 unspecified atom stereocenters. The standard InChI is InChI=1S/C25H28N6O2/c1-5-23(32)27-17-7-6-8-18(13-17)28-24-16(2)14-26-25(30-24)29-21-9-10-22(33-4)20-15-31(3)12-11-19(20)21/h5-10,13-14H,1,11-12,15H2,2-4H3,(H,27,32)(H2,26,28,29,30). The Kier molecular flexibility index (Phi) is 6.55. The fourth-order valence-electron chi connectivity index (χ4n) is 3.84. The highest BCUT2D eigenvalue weighted by atomic mass is 16.5. The minimum absolute atomic E-state index is 0.258. The molecule has 0 radical (unpaired) electrons. The van der Waals surface area contributed by atoms with Crippen molar-refractivity contribution in [2.24, 2.45) is 0 Å². The average molecular weight is 445 g/mol. The van der Waals surface area contributed by atoms with Crippen LogP contribution in [0.2, 0.25) is 0 Å². The number of carbonyl (C=O) groups is 1. The first-order valence-electron chi connectivity index (χ1n) is 10.7. The van der Waals surface area contributed by atoms with Crippen molar-refractivity contribution < 1.29 is 9.53 Å². The summed E-state index contributed by atoms with van der Waals surface area (Å²) < 4.78 is 5.58. The van der Waals surface area contributed by atoms with Gasteiger partial charge in [-0.15, -0.1) is 0 Å². The number of rotatable bonds is 7. The summed E-state index contributed by atoms with van der Waals surface area (Å²) in [6, 6.07) is 11.4. The van der Waals surface area contributed by atoms with Gasteiger partial charge in [-0.1, -0.05) is 12.6 Å². The Balaban J connectivity index is 1.58. The van der Waals surface area contributed by atoms with Crippen LogP contribution in [0.5, 0.6) is 5.75 Å². The van der Waals surface area contributed by atoms with Gasteiger partial charge in [0.15, 0.2) is 0 Å². The van der Waals surface area contributed by atoms with Crippen LogP contribution in [-0.4, -0.2) is 41.5 Å². The van der Waals surface area contributed by atoms with Gasteiger partial charge in [-0.25, -0.2) is 4.98 Å². The second-order valence-corrected chi connectivity index (χ2v) is 8.01. The molecule has 0 saturated heterocycles. The van der Waals surface area contributed by atoms with Gasteiger partial charge in [0.1, 0.15) is 11.6 Å². The lowest BCUT2D eigenvalue weighted by Crippen LogP contribution is -2.27. The van der Waals surface area contributed by atoms with Crippen molar-refractivity contribution in [2.45, 2.75) is 19.9 Å². The number of hydrogen-bond acceptors (Lipinski definition) is 7. The molecule has 0 atom stereocenters. The van der Waals surface area contributed by atoms with Gasteiger partial charge in [0, 0.05) is 47.5 Å². The van der Waals surface area contributed by atoms with E-state index in [1.54, 1.807) is 13.3 Å². The van der Waals surface area contributed by atoms with E-state index in [1.807, 2.05) is 43.3 Å². The zero-order chi connectivity index (χ0) is 23.4. The number of benzene rings is 2.